The van der Waals surface area contributed by atoms with Crippen molar-refractivity contribution in [2.24, 2.45) is 0 Å². The van der Waals surface area contributed by atoms with Crippen LogP contribution < -0.4 is 4.72 Å². The number of amides is 1. The molecule has 1 aliphatic carbocycles. The third-order valence-electron chi connectivity index (χ3n) is 2.51. The van der Waals surface area contributed by atoms with Crippen LogP contribution in [0.3, 0.4) is 0 Å². The van der Waals surface area contributed by atoms with E-state index in [0.29, 0.717) is 12.8 Å². The summed E-state index contributed by atoms with van der Waals surface area (Å²) in [6, 6.07) is 0. The molecule has 0 aliphatic heterocycles. The highest BCUT2D eigenvalue weighted by Crippen LogP contribution is 2.42. The van der Waals surface area contributed by atoms with Crippen LogP contribution in [-0.2, 0) is 14.8 Å². The largest absolute Gasteiger partial charge is 0.443 e. The van der Waals surface area contributed by atoms with E-state index in [1.54, 1.807) is 27.7 Å². The van der Waals surface area contributed by atoms with Gasteiger partial charge < -0.3 is 4.74 Å². The first-order valence-corrected chi connectivity index (χ1v) is 7.82. The molecule has 1 rings (SSSR count). The third kappa shape index (κ3) is 6.61. The maximum atomic E-state index is 11.6. The lowest BCUT2D eigenvalue weighted by Crippen LogP contribution is -2.41. The molecule has 0 aromatic rings. The van der Waals surface area contributed by atoms with Gasteiger partial charge in [0.2, 0.25) is 10.0 Å². The second-order valence-corrected chi connectivity index (χ2v) is 7.95. The predicted molar refractivity (Wildman–Crippen MR) is 76.4 cm³/mol. The molecule has 1 saturated carbocycles. The standard InChI is InChI=1S/C9H17NO4S.C4H8/c1-8(2,3)14-7(11)10-15(12,13)9(4)5-6-9;1-3-4-2/h5-6H2,1-4H3,(H,10,11);3H,1,4H2,2H3. The van der Waals surface area contributed by atoms with Gasteiger partial charge in [-0.05, 0) is 47.0 Å². The van der Waals surface area contributed by atoms with Crippen LogP contribution in [0.2, 0.25) is 0 Å². The van der Waals surface area contributed by atoms with E-state index in [9.17, 15) is 13.2 Å². The summed E-state index contributed by atoms with van der Waals surface area (Å²) in [5.74, 6) is 0. The van der Waals surface area contributed by atoms with Gasteiger partial charge in [0.25, 0.3) is 0 Å². The fourth-order valence-corrected chi connectivity index (χ4v) is 2.12. The monoisotopic (exact) mass is 291 g/mol. The van der Waals surface area contributed by atoms with Crippen molar-refractivity contribution in [1.29, 1.82) is 0 Å². The van der Waals surface area contributed by atoms with E-state index in [-0.39, 0.29) is 0 Å². The Morgan fingerprint density at radius 2 is 1.84 bits per heavy atom. The van der Waals surface area contributed by atoms with Gasteiger partial charge in [-0.1, -0.05) is 13.0 Å². The summed E-state index contributed by atoms with van der Waals surface area (Å²) >= 11 is 0. The number of ether oxygens (including phenoxy) is 1. The fourth-order valence-electron chi connectivity index (χ4n) is 0.977. The molecule has 0 aromatic carbocycles. The Labute approximate surface area is 116 Å². The van der Waals surface area contributed by atoms with Crippen LogP contribution in [-0.4, -0.2) is 24.9 Å². The number of allylic oxidation sites excluding steroid dienone is 1. The van der Waals surface area contributed by atoms with Gasteiger partial charge >= 0.3 is 6.09 Å². The van der Waals surface area contributed by atoms with Gasteiger partial charge in [-0.2, -0.15) is 0 Å². The van der Waals surface area contributed by atoms with Crippen LogP contribution in [0.1, 0.15) is 53.9 Å². The van der Waals surface area contributed by atoms with Crippen molar-refractivity contribution >= 4 is 16.1 Å². The molecule has 0 radical (unpaired) electrons. The SMILES string of the molecule is C=CCC.CC(C)(C)OC(=O)NS(=O)(=O)C1(C)CC1. The zero-order valence-corrected chi connectivity index (χ0v) is 13.3. The second-order valence-electron chi connectivity index (χ2n) is 5.75. The molecule has 0 unspecified atom stereocenters. The highest BCUT2D eigenvalue weighted by atomic mass is 32.2. The average Bonchev–Trinajstić information content (AvgIpc) is 2.94. The molecular formula is C13H25NO4S. The number of carbonyl (C=O) groups is 1. The highest BCUT2D eigenvalue weighted by Gasteiger charge is 2.51. The molecule has 0 saturated heterocycles. The highest BCUT2D eigenvalue weighted by molar-refractivity contribution is 7.91. The molecule has 1 fully saturated rings. The Balaban J connectivity index is 0.000000711. The molecule has 1 amide bonds. The smallest absolute Gasteiger partial charge is 0.421 e. The Morgan fingerprint density at radius 1 is 1.42 bits per heavy atom. The van der Waals surface area contributed by atoms with Crippen molar-refractivity contribution in [1.82, 2.24) is 4.72 Å². The summed E-state index contributed by atoms with van der Waals surface area (Å²) in [6.07, 6.45) is 3.23. The third-order valence-corrected chi connectivity index (χ3v) is 4.65. The number of sulfonamides is 1. The van der Waals surface area contributed by atoms with Crippen LogP contribution in [0.4, 0.5) is 4.79 Å². The predicted octanol–water partition coefficient (Wildman–Crippen LogP) is 2.98. The molecule has 1 N–H and O–H groups in total. The molecule has 0 aromatic heterocycles. The quantitative estimate of drug-likeness (QED) is 0.811. The number of hydrogen-bond acceptors (Lipinski definition) is 4. The van der Waals surface area contributed by atoms with Gasteiger partial charge in [-0.25, -0.2) is 17.9 Å². The van der Waals surface area contributed by atoms with Gasteiger partial charge in [0.1, 0.15) is 5.60 Å². The van der Waals surface area contributed by atoms with E-state index in [4.69, 9.17) is 4.74 Å². The van der Waals surface area contributed by atoms with Crippen LogP contribution in [0.15, 0.2) is 12.7 Å². The normalized spacial score (nSPS) is 16.7. The Bertz CT molecular complexity index is 416. The Morgan fingerprint density at radius 3 is 2.11 bits per heavy atom. The van der Waals surface area contributed by atoms with Crippen molar-refractivity contribution in [2.45, 2.75) is 64.2 Å². The van der Waals surface area contributed by atoms with E-state index >= 15 is 0 Å². The number of rotatable bonds is 3. The first-order chi connectivity index (χ1) is 8.47. The maximum absolute atomic E-state index is 11.6. The summed E-state index contributed by atoms with van der Waals surface area (Å²) in [6.45, 7) is 12.2. The van der Waals surface area contributed by atoms with Crippen molar-refractivity contribution < 1.29 is 17.9 Å². The molecular weight excluding hydrogens is 266 g/mol. The van der Waals surface area contributed by atoms with Crippen molar-refractivity contribution in [2.75, 3.05) is 0 Å². The molecule has 19 heavy (non-hydrogen) atoms. The topological polar surface area (TPSA) is 72.5 Å². The first-order valence-electron chi connectivity index (χ1n) is 6.33. The molecule has 0 atom stereocenters. The molecule has 1 aliphatic rings. The lowest BCUT2D eigenvalue weighted by atomic mass is 10.2. The minimum Gasteiger partial charge on any atom is -0.443 e. The number of hydrogen-bond donors (Lipinski definition) is 1. The van der Waals surface area contributed by atoms with Crippen molar-refractivity contribution in [3.05, 3.63) is 12.7 Å². The lowest BCUT2D eigenvalue weighted by molar-refractivity contribution is 0.0569. The summed E-state index contributed by atoms with van der Waals surface area (Å²) in [4.78, 5) is 11.2. The van der Waals surface area contributed by atoms with Crippen LogP contribution >= 0.6 is 0 Å². The van der Waals surface area contributed by atoms with Gasteiger partial charge in [0.15, 0.2) is 0 Å². The van der Waals surface area contributed by atoms with Crippen molar-refractivity contribution in [3.63, 3.8) is 0 Å². The fraction of sp³-hybridized carbons (Fsp3) is 0.769. The summed E-state index contributed by atoms with van der Waals surface area (Å²) in [5.41, 5.74) is -0.690. The lowest BCUT2D eigenvalue weighted by Gasteiger charge is -2.20. The molecule has 0 spiro atoms. The van der Waals surface area contributed by atoms with E-state index < -0.39 is 26.5 Å². The summed E-state index contributed by atoms with van der Waals surface area (Å²) in [7, 11) is -3.58. The number of nitrogens with one attached hydrogen (secondary N) is 1. The molecule has 0 heterocycles. The Hall–Kier alpha value is -1.04. The maximum Gasteiger partial charge on any atom is 0.421 e. The van der Waals surface area contributed by atoms with E-state index in [1.165, 1.54) is 0 Å². The van der Waals surface area contributed by atoms with Gasteiger partial charge in [-0.3, -0.25) is 0 Å². The minimum absolute atomic E-state index is 0.588. The van der Waals surface area contributed by atoms with Gasteiger partial charge in [-0.15, -0.1) is 6.58 Å². The van der Waals surface area contributed by atoms with E-state index in [1.807, 2.05) is 10.8 Å². The molecule has 0 bridgehead atoms. The zero-order chi connectivity index (χ0) is 15.3. The van der Waals surface area contributed by atoms with E-state index in [2.05, 4.69) is 13.5 Å². The van der Waals surface area contributed by atoms with Gasteiger partial charge in [0, 0.05) is 0 Å². The van der Waals surface area contributed by atoms with Crippen LogP contribution in [0.5, 0.6) is 0 Å². The summed E-state index contributed by atoms with van der Waals surface area (Å²) < 4.78 is 29.2. The van der Waals surface area contributed by atoms with Gasteiger partial charge in [0.05, 0.1) is 4.75 Å². The van der Waals surface area contributed by atoms with Crippen LogP contribution in [0, 0.1) is 0 Å². The minimum atomic E-state index is -3.58. The first kappa shape index (κ1) is 18.0. The molecule has 5 nitrogen and oxygen atoms in total. The van der Waals surface area contributed by atoms with Crippen molar-refractivity contribution in [3.8, 4) is 0 Å². The summed E-state index contributed by atoms with van der Waals surface area (Å²) in [5, 5.41) is 0. The second kappa shape index (κ2) is 6.41. The Kier molecular flexibility index (Phi) is 6.06. The molecule has 6 heteroatoms. The zero-order valence-electron chi connectivity index (χ0n) is 12.4. The number of carbonyl (C=O) groups excluding carboxylic acids is 1. The average molecular weight is 291 g/mol. The van der Waals surface area contributed by atoms with Crippen LogP contribution in [0.25, 0.3) is 0 Å². The van der Waals surface area contributed by atoms with E-state index in [0.717, 1.165) is 6.42 Å². The molecule has 112 valence electrons.